The van der Waals surface area contributed by atoms with Crippen LogP contribution in [0.4, 0.5) is 0 Å². The second-order valence-corrected chi connectivity index (χ2v) is 4.70. The zero-order valence-electron chi connectivity index (χ0n) is 11.1. The number of hydrogen-bond acceptors (Lipinski definition) is 2. The minimum absolute atomic E-state index is 0.647. The van der Waals surface area contributed by atoms with Gasteiger partial charge in [0, 0.05) is 18.9 Å². The molecule has 0 radical (unpaired) electrons. The van der Waals surface area contributed by atoms with Crippen LogP contribution in [0.3, 0.4) is 0 Å². The van der Waals surface area contributed by atoms with Crippen molar-refractivity contribution < 1.29 is 0 Å². The molecule has 1 fully saturated rings. The van der Waals surface area contributed by atoms with Gasteiger partial charge in [-0.25, -0.2) is 0 Å². The largest absolute Gasteiger partial charge is 0.388 e. The summed E-state index contributed by atoms with van der Waals surface area (Å²) in [6.07, 6.45) is 10.7. The highest BCUT2D eigenvalue weighted by Crippen LogP contribution is 2.31. The van der Waals surface area contributed by atoms with Crippen LogP contribution < -0.4 is 5.32 Å². The van der Waals surface area contributed by atoms with Gasteiger partial charge in [-0.3, -0.25) is 4.99 Å². The number of rotatable bonds is 5. The van der Waals surface area contributed by atoms with E-state index in [-0.39, 0.29) is 0 Å². The minimum atomic E-state index is 0.647. The number of nitrogens with zero attached hydrogens (tertiary/aromatic N) is 1. The fourth-order valence-corrected chi connectivity index (χ4v) is 2.34. The molecular formula is C15H24N2. The number of allylic oxidation sites excluding steroid dienone is 3. The number of nitrogens with one attached hydrogen (secondary N) is 1. The van der Waals surface area contributed by atoms with Gasteiger partial charge in [-0.15, -0.1) is 0 Å². The van der Waals surface area contributed by atoms with Crippen molar-refractivity contribution in [3.63, 3.8) is 0 Å². The molecule has 0 saturated heterocycles. The van der Waals surface area contributed by atoms with E-state index in [0.717, 1.165) is 5.70 Å². The summed E-state index contributed by atoms with van der Waals surface area (Å²) in [7, 11) is 1.90. The van der Waals surface area contributed by atoms with E-state index in [4.69, 9.17) is 0 Å². The topological polar surface area (TPSA) is 24.4 Å². The molecule has 1 rings (SSSR count). The van der Waals surface area contributed by atoms with Gasteiger partial charge >= 0.3 is 0 Å². The van der Waals surface area contributed by atoms with Gasteiger partial charge in [0.15, 0.2) is 0 Å². The van der Waals surface area contributed by atoms with Crippen LogP contribution in [0, 0.1) is 5.92 Å². The van der Waals surface area contributed by atoms with E-state index < -0.39 is 0 Å². The maximum absolute atomic E-state index is 3.98. The van der Waals surface area contributed by atoms with Crippen molar-refractivity contribution >= 4 is 6.72 Å². The van der Waals surface area contributed by atoms with E-state index >= 15 is 0 Å². The van der Waals surface area contributed by atoms with Crippen molar-refractivity contribution in [2.45, 2.75) is 39.0 Å². The Hall–Kier alpha value is -1.31. The fraction of sp³-hybridized carbons (Fsp3) is 0.533. The molecular weight excluding hydrogens is 208 g/mol. The SMILES string of the molecule is C=N/C=C(/C=C(/C)C(=C)NC)C1CCCCC1. The van der Waals surface area contributed by atoms with Gasteiger partial charge in [0.05, 0.1) is 0 Å². The highest BCUT2D eigenvalue weighted by atomic mass is 14.8. The van der Waals surface area contributed by atoms with Gasteiger partial charge in [0.2, 0.25) is 0 Å². The molecule has 0 aromatic rings. The Labute approximate surface area is 105 Å². The van der Waals surface area contributed by atoms with Crippen LogP contribution in [-0.4, -0.2) is 13.8 Å². The first-order valence-corrected chi connectivity index (χ1v) is 6.40. The highest BCUT2D eigenvalue weighted by Gasteiger charge is 2.16. The Kier molecular flexibility index (Phi) is 5.75. The third-order valence-electron chi connectivity index (χ3n) is 3.48. The normalized spacial score (nSPS) is 18.9. The summed E-state index contributed by atoms with van der Waals surface area (Å²) >= 11 is 0. The first-order valence-electron chi connectivity index (χ1n) is 6.40. The lowest BCUT2D eigenvalue weighted by atomic mass is 9.83. The average Bonchev–Trinajstić information content (AvgIpc) is 2.38. The van der Waals surface area contributed by atoms with Crippen LogP contribution >= 0.6 is 0 Å². The van der Waals surface area contributed by atoms with Crippen LogP contribution in [0.25, 0.3) is 0 Å². The quantitative estimate of drug-likeness (QED) is 0.565. The van der Waals surface area contributed by atoms with E-state index in [1.807, 2.05) is 13.2 Å². The maximum Gasteiger partial charge on any atom is 0.0295 e. The lowest BCUT2D eigenvalue weighted by molar-refractivity contribution is 0.407. The zero-order valence-corrected chi connectivity index (χ0v) is 11.1. The summed E-state index contributed by atoms with van der Waals surface area (Å²) in [6.45, 7) is 9.63. The van der Waals surface area contributed by atoms with E-state index in [2.05, 4.69) is 36.6 Å². The second-order valence-electron chi connectivity index (χ2n) is 4.70. The molecule has 2 nitrogen and oxygen atoms in total. The standard InChI is InChI=1S/C15H24N2/c1-12(13(2)17-4)10-15(11-16-3)14-8-6-5-7-9-14/h10-11,14,17H,2-3,5-9H2,1,4H3/b12-10-,15-11-. The van der Waals surface area contributed by atoms with Crippen molar-refractivity contribution in [3.8, 4) is 0 Å². The van der Waals surface area contributed by atoms with Crippen LogP contribution in [0.1, 0.15) is 39.0 Å². The molecule has 0 spiro atoms. The van der Waals surface area contributed by atoms with Gasteiger partial charge in [-0.05, 0) is 43.5 Å². The molecule has 1 saturated carbocycles. The lowest BCUT2D eigenvalue weighted by Gasteiger charge is -2.23. The number of hydrogen-bond donors (Lipinski definition) is 1. The van der Waals surface area contributed by atoms with Crippen LogP contribution in [-0.2, 0) is 0 Å². The van der Waals surface area contributed by atoms with Gasteiger partial charge in [-0.1, -0.05) is 31.9 Å². The molecule has 0 amide bonds. The first kappa shape index (κ1) is 13.8. The molecule has 1 aliphatic rings. The van der Waals surface area contributed by atoms with Gasteiger partial charge in [0.1, 0.15) is 0 Å². The van der Waals surface area contributed by atoms with Crippen molar-refractivity contribution in [1.29, 1.82) is 0 Å². The average molecular weight is 232 g/mol. The lowest BCUT2D eigenvalue weighted by Crippen LogP contribution is -2.10. The van der Waals surface area contributed by atoms with Crippen molar-refractivity contribution in [2.24, 2.45) is 10.9 Å². The Morgan fingerprint density at radius 1 is 1.29 bits per heavy atom. The maximum atomic E-state index is 3.98. The molecule has 0 bridgehead atoms. The Bertz CT molecular complexity index is 331. The van der Waals surface area contributed by atoms with Crippen LogP contribution in [0.2, 0.25) is 0 Å². The Morgan fingerprint density at radius 3 is 2.47 bits per heavy atom. The van der Waals surface area contributed by atoms with E-state index in [9.17, 15) is 0 Å². The smallest absolute Gasteiger partial charge is 0.0295 e. The monoisotopic (exact) mass is 232 g/mol. The van der Waals surface area contributed by atoms with E-state index in [1.54, 1.807) is 0 Å². The highest BCUT2D eigenvalue weighted by molar-refractivity contribution is 5.36. The molecule has 1 N–H and O–H groups in total. The molecule has 0 heterocycles. The van der Waals surface area contributed by atoms with Crippen molar-refractivity contribution in [1.82, 2.24) is 5.32 Å². The van der Waals surface area contributed by atoms with Gasteiger partial charge in [0.25, 0.3) is 0 Å². The predicted octanol–water partition coefficient (Wildman–Crippen LogP) is 3.83. The Balaban J connectivity index is 2.82. The predicted molar refractivity (Wildman–Crippen MR) is 76.2 cm³/mol. The molecule has 0 aromatic carbocycles. The van der Waals surface area contributed by atoms with E-state index in [0.29, 0.717) is 5.92 Å². The van der Waals surface area contributed by atoms with Crippen LogP contribution in [0.5, 0.6) is 0 Å². The minimum Gasteiger partial charge on any atom is -0.388 e. The summed E-state index contributed by atoms with van der Waals surface area (Å²) < 4.78 is 0. The molecule has 2 heteroatoms. The summed E-state index contributed by atoms with van der Waals surface area (Å²) in [6, 6.07) is 0. The summed E-state index contributed by atoms with van der Waals surface area (Å²) in [5.41, 5.74) is 3.44. The molecule has 1 aliphatic carbocycles. The molecule has 94 valence electrons. The second kappa shape index (κ2) is 7.10. The van der Waals surface area contributed by atoms with Gasteiger partial charge < -0.3 is 5.32 Å². The molecule has 0 aromatic heterocycles. The van der Waals surface area contributed by atoms with Crippen molar-refractivity contribution in [2.75, 3.05) is 7.05 Å². The van der Waals surface area contributed by atoms with Crippen LogP contribution in [0.15, 0.2) is 40.7 Å². The van der Waals surface area contributed by atoms with E-state index in [1.165, 1.54) is 43.3 Å². The number of likely N-dealkylation sites (N-methyl/N-ethyl adjacent to an activating group) is 1. The van der Waals surface area contributed by atoms with Crippen molar-refractivity contribution in [3.05, 3.63) is 35.7 Å². The fourth-order valence-electron chi connectivity index (χ4n) is 2.34. The molecule has 17 heavy (non-hydrogen) atoms. The first-order chi connectivity index (χ1) is 8.19. The summed E-state index contributed by atoms with van der Waals surface area (Å²) in [4.78, 5) is 3.94. The molecule has 0 unspecified atom stereocenters. The summed E-state index contributed by atoms with van der Waals surface area (Å²) in [5, 5.41) is 3.08. The third-order valence-corrected chi connectivity index (χ3v) is 3.48. The number of aliphatic imine (C=N–C) groups is 1. The summed E-state index contributed by atoms with van der Waals surface area (Å²) in [5.74, 6) is 0.647. The third kappa shape index (κ3) is 4.22. The van der Waals surface area contributed by atoms with Gasteiger partial charge in [-0.2, -0.15) is 0 Å². The molecule has 0 aliphatic heterocycles. The Morgan fingerprint density at radius 2 is 1.94 bits per heavy atom. The molecule has 0 atom stereocenters. The zero-order chi connectivity index (χ0) is 12.7.